The number of piperazine rings is 1. The Kier molecular flexibility index (Phi) is 5.40. The zero-order chi connectivity index (χ0) is 14.5. The van der Waals surface area contributed by atoms with Gasteiger partial charge in [0.05, 0.1) is 10.6 Å². The normalized spacial score (nSPS) is 18.8. The van der Waals surface area contributed by atoms with Crippen LogP contribution in [0, 0.1) is 0 Å². The third-order valence-electron chi connectivity index (χ3n) is 3.84. The molecule has 1 aliphatic heterocycles. The molecular weight excluding hydrogens is 274 g/mol. The number of rotatable bonds is 4. The molecule has 2 rings (SSSR count). The summed E-state index contributed by atoms with van der Waals surface area (Å²) in [4.78, 5) is 16.8. The van der Waals surface area contributed by atoms with Crippen LogP contribution in [-0.2, 0) is 0 Å². The predicted octanol–water partition coefficient (Wildman–Crippen LogP) is 1.71. The summed E-state index contributed by atoms with van der Waals surface area (Å²) >= 11 is 6.02. The minimum atomic E-state index is -0.100. The van der Waals surface area contributed by atoms with E-state index in [1.807, 2.05) is 12.1 Å². The van der Waals surface area contributed by atoms with E-state index < -0.39 is 0 Å². The van der Waals surface area contributed by atoms with Crippen molar-refractivity contribution in [3.63, 3.8) is 0 Å². The molecule has 1 amide bonds. The first kappa shape index (κ1) is 15.3. The van der Waals surface area contributed by atoms with Gasteiger partial charge in [-0.15, -0.1) is 0 Å². The first-order valence-corrected chi connectivity index (χ1v) is 7.41. The third kappa shape index (κ3) is 3.95. The fourth-order valence-corrected chi connectivity index (χ4v) is 2.59. The molecule has 1 fully saturated rings. The highest BCUT2D eigenvalue weighted by molar-refractivity contribution is 6.33. The Bertz CT molecular complexity index is 458. The van der Waals surface area contributed by atoms with Gasteiger partial charge in [0.2, 0.25) is 0 Å². The first-order chi connectivity index (χ1) is 9.58. The molecule has 0 aromatic heterocycles. The van der Waals surface area contributed by atoms with E-state index in [9.17, 15) is 4.79 Å². The smallest absolute Gasteiger partial charge is 0.252 e. The fourth-order valence-electron chi connectivity index (χ4n) is 2.37. The first-order valence-electron chi connectivity index (χ1n) is 7.03. The Hall–Kier alpha value is -1.10. The summed E-state index contributed by atoms with van der Waals surface area (Å²) in [5, 5.41) is 3.47. The van der Waals surface area contributed by atoms with E-state index in [1.165, 1.54) is 0 Å². The van der Waals surface area contributed by atoms with Gasteiger partial charge in [0.15, 0.2) is 0 Å². The zero-order valence-corrected chi connectivity index (χ0v) is 12.9. The summed E-state index contributed by atoms with van der Waals surface area (Å²) in [5.74, 6) is -0.100. The maximum atomic E-state index is 12.1. The van der Waals surface area contributed by atoms with Gasteiger partial charge in [-0.05, 0) is 26.1 Å². The Morgan fingerprint density at radius 1 is 1.30 bits per heavy atom. The van der Waals surface area contributed by atoms with Gasteiger partial charge in [0.1, 0.15) is 0 Å². The van der Waals surface area contributed by atoms with Crippen molar-refractivity contribution in [3.8, 4) is 0 Å². The molecule has 5 heteroatoms. The van der Waals surface area contributed by atoms with Crippen LogP contribution >= 0.6 is 11.6 Å². The van der Waals surface area contributed by atoms with Crippen molar-refractivity contribution in [2.75, 3.05) is 39.8 Å². The molecule has 1 aromatic carbocycles. The Morgan fingerprint density at radius 2 is 1.95 bits per heavy atom. The largest absolute Gasteiger partial charge is 0.350 e. The number of hydrogen-bond acceptors (Lipinski definition) is 3. The standard InChI is InChI=1S/C15H22ClN3O/c1-12(19-9-7-18(2)8-10-19)11-17-15(20)13-5-3-4-6-14(13)16/h3-6,12H,7-11H2,1-2H3,(H,17,20)/t12-/m1/s1. The highest BCUT2D eigenvalue weighted by Crippen LogP contribution is 2.14. The number of hydrogen-bond donors (Lipinski definition) is 1. The summed E-state index contributed by atoms with van der Waals surface area (Å²) in [5.41, 5.74) is 0.541. The number of amides is 1. The summed E-state index contributed by atoms with van der Waals surface area (Å²) in [6.45, 7) is 7.08. The predicted molar refractivity (Wildman–Crippen MR) is 82.3 cm³/mol. The van der Waals surface area contributed by atoms with Gasteiger partial charge in [0.25, 0.3) is 5.91 Å². The molecule has 1 N–H and O–H groups in total. The third-order valence-corrected chi connectivity index (χ3v) is 4.17. The van der Waals surface area contributed by atoms with Crippen LogP contribution in [0.4, 0.5) is 0 Å². The number of nitrogens with one attached hydrogen (secondary N) is 1. The molecule has 0 radical (unpaired) electrons. The monoisotopic (exact) mass is 295 g/mol. The topological polar surface area (TPSA) is 35.6 Å². The lowest BCUT2D eigenvalue weighted by molar-refractivity contribution is 0.0903. The van der Waals surface area contributed by atoms with Crippen LogP contribution in [0.2, 0.25) is 5.02 Å². The van der Waals surface area contributed by atoms with E-state index in [2.05, 4.69) is 29.1 Å². The van der Waals surface area contributed by atoms with Gasteiger partial charge in [-0.3, -0.25) is 9.69 Å². The van der Waals surface area contributed by atoms with Crippen LogP contribution in [0.1, 0.15) is 17.3 Å². The average Bonchev–Trinajstić information content (AvgIpc) is 2.45. The van der Waals surface area contributed by atoms with Crippen LogP contribution in [0.15, 0.2) is 24.3 Å². The Morgan fingerprint density at radius 3 is 2.60 bits per heavy atom. The van der Waals surface area contributed by atoms with Crippen molar-refractivity contribution >= 4 is 17.5 Å². The molecule has 0 unspecified atom stereocenters. The minimum Gasteiger partial charge on any atom is -0.350 e. The second-order valence-electron chi connectivity index (χ2n) is 5.38. The maximum absolute atomic E-state index is 12.1. The molecule has 0 aliphatic carbocycles. The molecule has 0 bridgehead atoms. The Labute approximate surface area is 125 Å². The Balaban J connectivity index is 1.83. The lowest BCUT2D eigenvalue weighted by Crippen LogP contribution is -2.51. The van der Waals surface area contributed by atoms with E-state index in [0.717, 1.165) is 26.2 Å². The van der Waals surface area contributed by atoms with Crippen molar-refractivity contribution in [2.24, 2.45) is 0 Å². The van der Waals surface area contributed by atoms with Crippen LogP contribution < -0.4 is 5.32 Å². The molecule has 1 aliphatic rings. The molecule has 1 saturated heterocycles. The lowest BCUT2D eigenvalue weighted by atomic mass is 10.2. The van der Waals surface area contributed by atoms with Crippen molar-refractivity contribution in [1.82, 2.24) is 15.1 Å². The number of carbonyl (C=O) groups excluding carboxylic acids is 1. The summed E-state index contributed by atoms with van der Waals surface area (Å²) in [6.07, 6.45) is 0. The van der Waals surface area contributed by atoms with Gasteiger partial charge in [-0.2, -0.15) is 0 Å². The molecule has 0 spiro atoms. The van der Waals surface area contributed by atoms with E-state index in [1.54, 1.807) is 12.1 Å². The van der Waals surface area contributed by atoms with Crippen molar-refractivity contribution in [3.05, 3.63) is 34.9 Å². The van der Waals surface area contributed by atoms with E-state index in [-0.39, 0.29) is 5.91 Å². The molecule has 1 heterocycles. The molecular formula is C15H22ClN3O. The van der Waals surface area contributed by atoms with Crippen molar-refractivity contribution in [1.29, 1.82) is 0 Å². The van der Waals surface area contributed by atoms with Crippen molar-refractivity contribution in [2.45, 2.75) is 13.0 Å². The molecule has 1 aromatic rings. The highest BCUT2D eigenvalue weighted by atomic mass is 35.5. The van der Waals surface area contributed by atoms with Crippen molar-refractivity contribution < 1.29 is 4.79 Å². The van der Waals surface area contributed by atoms with E-state index in [0.29, 0.717) is 23.2 Å². The number of halogens is 1. The maximum Gasteiger partial charge on any atom is 0.252 e. The number of carbonyl (C=O) groups is 1. The molecule has 0 saturated carbocycles. The van der Waals surface area contributed by atoms with Gasteiger partial charge in [-0.25, -0.2) is 0 Å². The van der Waals surface area contributed by atoms with Crippen LogP contribution in [0.3, 0.4) is 0 Å². The average molecular weight is 296 g/mol. The van der Waals surface area contributed by atoms with E-state index >= 15 is 0 Å². The van der Waals surface area contributed by atoms with Gasteiger partial charge in [-0.1, -0.05) is 23.7 Å². The number of benzene rings is 1. The highest BCUT2D eigenvalue weighted by Gasteiger charge is 2.19. The molecule has 4 nitrogen and oxygen atoms in total. The van der Waals surface area contributed by atoms with Crippen LogP contribution in [0.5, 0.6) is 0 Å². The quantitative estimate of drug-likeness (QED) is 0.918. The van der Waals surface area contributed by atoms with Crippen LogP contribution in [-0.4, -0.2) is 61.5 Å². The molecule has 20 heavy (non-hydrogen) atoms. The summed E-state index contributed by atoms with van der Waals surface area (Å²) < 4.78 is 0. The summed E-state index contributed by atoms with van der Waals surface area (Å²) in [7, 11) is 2.14. The zero-order valence-electron chi connectivity index (χ0n) is 12.1. The second-order valence-corrected chi connectivity index (χ2v) is 5.79. The number of nitrogens with zero attached hydrogens (tertiary/aromatic N) is 2. The molecule has 1 atom stereocenters. The summed E-state index contributed by atoms with van der Waals surface area (Å²) in [6, 6.07) is 7.48. The minimum absolute atomic E-state index is 0.100. The lowest BCUT2D eigenvalue weighted by Gasteiger charge is -2.36. The fraction of sp³-hybridized carbons (Fsp3) is 0.533. The van der Waals surface area contributed by atoms with Crippen LogP contribution in [0.25, 0.3) is 0 Å². The second kappa shape index (κ2) is 7.07. The van der Waals surface area contributed by atoms with E-state index in [4.69, 9.17) is 11.6 Å². The number of likely N-dealkylation sites (N-methyl/N-ethyl adjacent to an activating group) is 1. The van der Waals surface area contributed by atoms with Gasteiger partial charge in [0, 0.05) is 38.8 Å². The molecule has 110 valence electrons. The van der Waals surface area contributed by atoms with Gasteiger partial charge >= 0.3 is 0 Å². The van der Waals surface area contributed by atoms with Gasteiger partial charge < -0.3 is 10.2 Å². The SMILES string of the molecule is C[C@H](CNC(=O)c1ccccc1Cl)N1CCN(C)CC1.